The van der Waals surface area contributed by atoms with Gasteiger partial charge in [-0.3, -0.25) is 0 Å². The average molecular weight is 270 g/mol. The van der Waals surface area contributed by atoms with Gasteiger partial charge < -0.3 is 15.3 Å². The lowest BCUT2D eigenvalue weighted by Crippen LogP contribution is -2.46. The highest BCUT2D eigenvalue weighted by Gasteiger charge is 2.21. The maximum Gasteiger partial charge on any atom is 0.0610 e. The molecule has 1 aliphatic rings. The fraction of sp³-hybridized carbons (Fsp3) is 1.00. The SMILES string of the molecule is CCCNC(C)(CO)CCCN1CCCCCCC1. The van der Waals surface area contributed by atoms with E-state index in [1.54, 1.807) is 0 Å². The molecular formula is C16H34N2O. The summed E-state index contributed by atoms with van der Waals surface area (Å²) in [5.41, 5.74) is -0.0846. The first-order chi connectivity index (χ1) is 9.20. The van der Waals surface area contributed by atoms with Crippen molar-refractivity contribution in [2.45, 2.75) is 70.8 Å². The summed E-state index contributed by atoms with van der Waals surface area (Å²) in [6.45, 7) is 9.31. The molecule has 0 spiro atoms. The molecule has 0 radical (unpaired) electrons. The summed E-state index contributed by atoms with van der Waals surface area (Å²) in [4.78, 5) is 2.62. The van der Waals surface area contributed by atoms with Crippen LogP contribution in [-0.4, -0.2) is 48.3 Å². The van der Waals surface area contributed by atoms with E-state index in [0.717, 1.165) is 19.4 Å². The van der Waals surface area contributed by atoms with Crippen LogP contribution in [0.1, 0.15) is 65.2 Å². The third-order valence-electron chi connectivity index (χ3n) is 4.30. The molecule has 19 heavy (non-hydrogen) atoms. The van der Waals surface area contributed by atoms with Crippen LogP contribution in [0.5, 0.6) is 0 Å². The average Bonchev–Trinajstić information content (AvgIpc) is 2.39. The molecule has 1 unspecified atom stereocenters. The molecule has 3 heteroatoms. The van der Waals surface area contributed by atoms with Crippen molar-refractivity contribution in [1.82, 2.24) is 10.2 Å². The molecule has 0 bridgehead atoms. The zero-order valence-corrected chi connectivity index (χ0v) is 13.1. The molecule has 1 rings (SSSR count). The fourth-order valence-electron chi connectivity index (χ4n) is 2.88. The molecule has 1 saturated heterocycles. The van der Waals surface area contributed by atoms with Crippen molar-refractivity contribution in [3.05, 3.63) is 0 Å². The molecular weight excluding hydrogens is 236 g/mol. The van der Waals surface area contributed by atoms with Gasteiger partial charge in [-0.1, -0.05) is 26.2 Å². The Hall–Kier alpha value is -0.120. The predicted octanol–water partition coefficient (Wildman–Crippen LogP) is 2.78. The smallest absolute Gasteiger partial charge is 0.0610 e. The predicted molar refractivity (Wildman–Crippen MR) is 82.5 cm³/mol. The van der Waals surface area contributed by atoms with Crippen LogP contribution in [0.2, 0.25) is 0 Å². The molecule has 1 heterocycles. The van der Waals surface area contributed by atoms with E-state index in [2.05, 4.69) is 24.1 Å². The van der Waals surface area contributed by atoms with Crippen molar-refractivity contribution < 1.29 is 5.11 Å². The minimum atomic E-state index is -0.0846. The first kappa shape index (κ1) is 16.9. The minimum absolute atomic E-state index is 0.0846. The molecule has 0 aromatic heterocycles. The maximum absolute atomic E-state index is 9.55. The van der Waals surface area contributed by atoms with E-state index < -0.39 is 0 Å². The van der Waals surface area contributed by atoms with Crippen molar-refractivity contribution in [2.24, 2.45) is 0 Å². The van der Waals surface area contributed by atoms with Crippen LogP contribution in [-0.2, 0) is 0 Å². The normalized spacial score (nSPS) is 21.6. The quantitative estimate of drug-likeness (QED) is 0.712. The van der Waals surface area contributed by atoms with Crippen LogP contribution >= 0.6 is 0 Å². The van der Waals surface area contributed by atoms with Crippen molar-refractivity contribution in [3.8, 4) is 0 Å². The highest BCUT2D eigenvalue weighted by atomic mass is 16.3. The number of hydrogen-bond acceptors (Lipinski definition) is 3. The van der Waals surface area contributed by atoms with Gasteiger partial charge in [-0.05, 0) is 65.2 Å². The number of rotatable bonds is 8. The van der Waals surface area contributed by atoms with E-state index in [9.17, 15) is 5.11 Å². The molecule has 0 saturated carbocycles. The Morgan fingerprint density at radius 2 is 1.74 bits per heavy atom. The molecule has 2 N–H and O–H groups in total. The Balaban J connectivity index is 2.22. The zero-order valence-electron chi connectivity index (χ0n) is 13.1. The summed E-state index contributed by atoms with van der Waals surface area (Å²) >= 11 is 0. The van der Waals surface area contributed by atoms with Crippen LogP contribution in [0.4, 0.5) is 0 Å². The van der Waals surface area contributed by atoms with E-state index in [0.29, 0.717) is 0 Å². The minimum Gasteiger partial charge on any atom is -0.394 e. The standard InChI is InChI=1S/C16H34N2O/c1-3-11-17-16(2,15-19)10-9-14-18-12-7-5-4-6-8-13-18/h17,19H,3-15H2,1-2H3. The first-order valence-electron chi connectivity index (χ1n) is 8.28. The third kappa shape index (κ3) is 7.28. The molecule has 1 aliphatic heterocycles. The summed E-state index contributed by atoms with van der Waals surface area (Å²) in [7, 11) is 0. The van der Waals surface area contributed by atoms with Crippen molar-refractivity contribution in [2.75, 3.05) is 32.8 Å². The molecule has 0 aliphatic carbocycles. The highest BCUT2D eigenvalue weighted by Crippen LogP contribution is 2.15. The molecule has 1 atom stereocenters. The molecule has 1 fully saturated rings. The van der Waals surface area contributed by atoms with E-state index >= 15 is 0 Å². The summed E-state index contributed by atoms with van der Waals surface area (Å²) < 4.78 is 0. The van der Waals surface area contributed by atoms with Gasteiger partial charge in [0, 0.05) is 5.54 Å². The van der Waals surface area contributed by atoms with Gasteiger partial charge in [0.05, 0.1) is 6.61 Å². The third-order valence-corrected chi connectivity index (χ3v) is 4.30. The van der Waals surface area contributed by atoms with Crippen LogP contribution in [0, 0.1) is 0 Å². The van der Waals surface area contributed by atoms with Gasteiger partial charge in [0.2, 0.25) is 0 Å². The monoisotopic (exact) mass is 270 g/mol. The summed E-state index contributed by atoms with van der Waals surface area (Å²) in [5, 5.41) is 13.0. The Bertz CT molecular complexity index is 215. The molecule has 0 aromatic rings. The number of nitrogens with zero attached hydrogens (tertiary/aromatic N) is 1. The van der Waals surface area contributed by atoms with E-state index in [-0.39, 0.29) is 12.1 Å². The zero-order chi connectivity index (χ0) is 14.0. The summed E-state index contributed by atoms with van der Waals surface area (Å²) in [6, 6.07) is 0. The van der Waals surface area contributed by atoms with Crippen LogP contribution in [0.25, 0.3) is 0 Å². The lowest BCUT2D eigenvalue weighted by atomic mass is 9.96. The van der Waals surface area contributed by atoms with Gasteiger partial charge in [-0.2, -0.15) is 0 Å². The maximum atomic E-state index is 9.55. The Morgan fingerprint density at radius 1 is 1.11 bits per heavy atom. The van der Waals surface area contributed by atoms with Crippen LogP contribution < -0.4 is 5.32 Å². The van der Waals surface area contributed by atoms with Crippen molar-refractivity contribution in [3.63, 3.8) is 0 Å². The molecule has 3 nitrogen and oxygen atoms in total. The topological polar surface area (TPSA) is 35.5 Å². The van der Waals surface area contributed by atoms with E-state index in [4.69, 9.17) is 0 Å². The molecule has 114 valence electrons. The van der Waals surface area contributed by atoms with Gasteiger partial charge in [0.1, 0.15) is 0 Å². The van der Waals surface area contributed by atoms with Gasteiger partial charge in [-0.15, -0.1) is 0 Å². The number of nitrogens with one attached hydrogen (secondary N) is 1. The van der Waals surface area contributed by atoms with Gasteiger partial charge in [0.25, 0.3) is 0 Å². The largest absolute Gasteiger partial charge is 0.394 e. The number of hydrogen-bond donors (Lipinski definition) is 2. The summed E-state index contributed by atoms with van der Waals surface area (Å²) in [5.74, 6) is 0. The van der Waals surface area contributed by atoms with E-state index in [1.165, 1.54) is 58.2 Å². The number of aliphatic hydroxyl groups is 1. The van der Waals surface area contributed by atoms with Crippen molar-refractivity contribution in [1.29, 1.82) is 0 Å². The van der Waals surface area contributed by atoms with Gasteiger partial charge in [0.15, 0.2) is 0 Å². The number of likely N-dealkylation sites (tertiary alicyclic amines) is 1. The second-order valence-corrected chi connectivity index (χ2v) is 6.36. The molecule has 0 amide bonds. The first-order valence-corrected chi connectivity index (χ1v) is 8.28. The van der Waals surface area contributed by atoms with Crippen LogP contribution in [0.15, 0.2) is 0 Å². The fourth-order valence-corrected chi connectivity index (χ4v) is 2.88. The Labute approximate surface area is 119 Å². The van der Waals surface area contributed by atoms with Gasteiger partial charge >= 0.3 is 0 Å². The van der Waals surface area contributed by atoms with Crippen molar-refractivity contribution >= 4 is 0 Å². The second-order valence-electron chi connectivity index (χ2n) is 6.36. The molecule has 0 aromatic carbocycles. The summed E-state index contributed by atoms with van der Waals surface area (Å²) in [6.07, 6.45) is 10.4. The second kappa shape index (κ2) is 9.73. The lowest BCUT2D eigenvalue weighted by Gasteiger charge is -2.31. The Morgan fingerprint density at radius 3 is 2.32 bits per heavy atom. The van der Waals surface area contributed by atoms with Gasteiger partial charge in [-0.25, -0.2) is 0 Å². The lowest BCUT2D eigenvalue weighted by molar-refractivity contribution is 0.155. The highest BCUT2D eigenvalue weighted by molar-refractivity contribution is 4.82. The Kier molecular flexibility index (Phi) is 8.67. The number of aliphatic hydroxyl groups excluding tert-OH is 1. The van der Waals surface area contributed by atoms with Crippen LogP contribution in [0.3, 0.4) is 0 Å². The van der Waals surface area contributed by atoms with E-state index in [1.807, 2.05) is 0 Å².